The van der Waals surface area contributed by atoms with E-state index in [4.69, 9.17) is 0 Å². The summed E-state index contributed by atoms with van der Waals surface area (Å²) in [4.78, 5) is 0. The first-order valence-corrected chi connectivity index (χ1v) is 20.7. The summed E-state index contributed by atoms with van der Waals surface area (Å²) in [7, 11) is 0. The highest BCUT2D eigenvalue weighted by atomic mass is 16.3. The van der Waals surface area contributed by atoms with E-state index in [0.717, 1.165) is 28.1 Å². The van der Waals surface area contributed by atoms with Gasteiger partial charge < -0.3 is 14.2 Å². The maximum atomic E-state index is 10.9. The topological polar surface area (TPSA) is 30.1 Å². The first-order valence-electron chi connectivity index (χ1n) is 20.7. The zero-order chi connectivity index (χ0) is 41.0. The Labute approximate surface area is 340 Å². The fraction of sp³-hybridized carbons (Fsp3) is 0.333. The van der Waals surface area contributed by atoms with Crippen molar-refractivity contribution in [3.05, 3.63) is 143 Å². The fourth-order valence-electron chi connectivity index (χ4n) is 8.60. The van der Waals surface area contributed by atoms with Crippen molar-refractivity contribution in [1.82, 2.24) is 9.13 Å². The molecule has 8 aromatic rings. The van der Waals surface area contributed by atoms with Crippen LogP contribution in [0.2, 0.25) is 0 Å². The second kappa shape index (κ2) is 13.2. The highest BCUT2D eigenvalue weighted by molar-refractivity contribution is 6.11. The van der Waals surface area contributed by atoms with E-state index in [0.29, 0.717) is 0 Å². The van der Waals surface area contributed by atoms with Gasteiger partial charge in [0.05, 0.1) is 28.7 Å². The standard InChI is InChI=1S/C54H60N2O/c1-33-14-20-39(55-47-22-16-35(51(2,3)4)26-43(47)44-27-36(52(5,6)7)17-23-48(44)55)30-41(33)42-31-40(21-15-34(42)32-57)56-49-24-18-37(53(8,9)10)28-45(49)46-29-38(54(11,12)13)19-25-50(46)56/h14-31,57H,32H2,1-13H3. The monoisotopic (exact) mass is 752 g/mol. The molecule has 0 saturated heterocycles. The third kappa shape index (κ3) is 6.68. The van der Waals surface area contributed by atoms with Gasteiger partial charge in [-0.05, 0) is 146 Å². The molecule has 0 aliphatic carbocycles. The Balaban J connectivity index is 1.36. The number of hydrogen-bond donors (Lipinski definition) is 1. The Morgan fingerprint density at radius 2 is 0.702 bits per heavy atom. The largest absolute Gasteiger partial charge is 0.392 e. The Kier molecular flexibility index (Phi) is 8.98. The molecule has 2 aromatic heterocycles. The summed E-state index contributed by atoms with van der Waals surface area (Å²) in [5, 5.41) is 15.9. The van der Waals surface area contributed by atoms with Gasteiger partial charge in [-0.15, -0.1) is 0 Å². The Morgan fingerprint density at radius 3 is 1.02 bits per heavy atom. The van der Waals surface area contributed by atoms with Crippen molar-refractivity contribution in [2.45, 2.75) is 118 Å². The minimum Gasteiger partial charge on any atom is -0.392 e. The van der Waals surface area contributed by atoms with Gasteiger partial charge in [-0.3, -0.25) is 0 Å². The molecule has 0 unspecified atom stereocenters. The van der Waals surface area contributed by atoms with Crippen LogP contribution < -0.4 is 0 Å². The molecule has 0 amide bonds. The molecule has 0 saturated carbocycles. The van der Waals surface area contributed by atoms with Crippen LogP contribution in [-0.4, -0.2) is 14.2 Å². The summed E-state index contributed by atoms with van der Waals surface area (Å²) in [6.07, 6.45) is 0. The van der Waals surface area contributed by atoms with Crippen LogP contribution in [0.1, 0.15) is 116 Å². The summed E-state index contributed by atoms with van der Waals surface area (Å²) in [6.45, 7) is 29.6. The van der Waals surface area contributed by atoms with E-state index in [2.05, 4.69) is 208 Å². The average molecular weight is 753 g/mol. The summed E-state index contributed by atoms with van der Waals surface area (Å²) in [5.74, 6) is 0. The lowest BCUT2D eigenvalue weighted by Crippen LogP contribution is -2.10. The smallest absolute Gasteiger partial charge is 0.0687 e. The van der Waals surface area contributed by atoms with Gasteiger partial charge in [0.25, 0.3) is 0 Å². The molecular formula is C54H60N2O. The van der Waals surface area contributed by atoms with E-state index in [1.165, 1.54) is 71.4 Å². The second-order valence-electron chi connectivity index (χ2n) is 20.6. The van der Waals surface area contributed by atoms with Crippen molar-refractivity contribution in [1.29, 1.82) is 0 Å². The van der Waals surface area contributed by atoms with Crippen LogP contribution in [0.25, 0.3) is 66.1 Å². The number of aliphatic hydroxyl groups is 1. The number of benzene rings is 6. The number of fused-ring (bicyclic) bond motifs is 6. The van der Waals surface area contributed by atoms with Crippen molar-refractivity contribution in [3.8, 4) is 22.5 Å². The van der Waals surface area contributed by atoms with E-state index in [1.54, 1.807) is 0 Å². The molecule has 57 heavy (non-hydrogen) atoms. The van der Waals surface area contributed by atoms with Crippen molar-refractivity contribution in [2.24, 2.45) is 0 Å². The lowest BCUT2D eigenvalue weighted by Gasteiger charge is -2.20. The zero-order valence-electron chi connectivity index (χ0n) is 36.4. The van der Waals surface area contributed by atoms with Crippen molar-refractivity contribution in [2.75, 3.05) is 0 Å². The Morgan fingerprint density at radius 1 is 0.386 bits per heavy atom. The van der Waals surface area contributed by atoms with Crippen LogP contribution in [-0.2, 0) is 28.3 Å². The van der Waals surface area contributed by atoms with E-state index in [1.807, 2.05) is 0 Å². The molecule has 292 valence electrons. The highest BCUT2D eigenvalue weighted by Crippen LogP contribution is 2.41. The molecule has 8 rings (SSSR count). The molecule has 0 bridgehead atoms. The Bertz CT molecular complexity index is 2720. The van der Waals surface area contributed by atoms with Crippen LogP contribution in [0, 0.1) is 6.92 Å². The predicted molar refractivity (Wildman–Crippen MR) is 246 cm³/mol. The van der Waals surface area contributed by atoms with Gasteiger partial charge in [-0.1, -0.05) is 119 Å². The van der Waals surface area contributed by atoms with Gasteiger partial charge in [-0.2, -0.15) is 0 Å². The maximum absolute atomic E-state index is 10.9. The molecule has 1 N–H and O–H groups in total. The maximum Gasteiger partial charge on any atom is 0.0687 e. The summed E-state index contributed by atoms with van der Waals surface area (Å²) < 4.78 is 4.85. The molecule has 0 aliphatic heterocycles. The molecule has 0 spiro atoms. The lowest BCUT2D eigenvalue weighted by molar-refractivity contribution is 0.282. The molecular weight excluding hydrogens is 693 g/mol. The van der Waals surface area contributed by atoms with E-state index < -0.39 is 0 Å². The number of hydrogen-bond acceptors (Lipinski definition) is 1. The van der Waals surface area contributed by atoms with Gasteiger partial charge >= 0.3 is 0 Å². The molecule has 0 atom stereocenters. The second-order valence-corrected chi connectivity index (χ2v) is 20.6. The minimum absolute atomic E-state index is 0.0306. The molecule has 0 fully saturated rings. The van der Waals surface area contributed by atoms with Crippen LogP contribution >= 0.6 is 0 Å². The molecule has 3 heteroatoms. The van der Waals surface area contributed by atoms with Gasteiger partial charge in [0.1, 0.15) is 0 Å². The van der Waals surface area contributed by atoms with E-state index in [-0.39, 0.29) is 28.3 Å². The van der Waals surface area contributed by atoms with Gasteiger partial charge in [0.15, 0.2) is 0 Å². The average Bonchev–Trinajstić information content (AvgIpc) is 3.65. The van der Waals surface area contributed by atoms with Gasteiger partial charge in [-0.25, -0.2) is 0 Å². The van der Waals surface area contributed by atoms with Crippen molar-refractivity contribution < 1.29 is 5.11 Å². The number of aliphatic hydroxyl groups excluding tert-OH is 1. The summed E-state index contributed by atoms with van der Waals surface area (Å²) in [5.41, 5.74) is 16.7. The molecule has 6 aromatic carbocycles. The lowest BCUT2D eigenvalue weighted by atomic mass is 9.85. The molecule has 0 radical (unpaired) electrons. The third-order valence-corrected chi connectivity index (χ3v) is 12.3. The normalized spacial score (nSPS) is 13.2. The number of rotatable bonds is 4. The molecule has 3 nitrogen and oxygen atoms in total. The first-order chi connectivity index (χ1) is 26.6. The SMILES string of the molecule is Cc1ccc(-n2c3ccc(C(C)(C)C)cc3c3cc(C(C)(C)C)ccc32)cc1-c1cc(-n2c3ccc(C(C)(C)C)cc3c3cc(C(C)(C)C)ccc32)ccc1CO. The van der Waals surface area contributed by atoms with Crippen LogP contribution in [0.4, 0.5) is 0 Å². The molecule has 0 aliphatic rings. The highest BCUT2D eigenvalue weighted by Gasteiger charge is 2.24. The summed E-state index contributed by atoms with van der Waals surface area (Å²) >= 11 is 0. The van der Waals surface area contributed by atoms with Crippen molar-refractivity contribution >= 4 is 43.6 Å². The van der Waals surface area contributed by atoms with E-state index in [9.17, 15) is 5.11 Å². The third-order valence-electron chi connectivity index (χ3n) is 12.3. The van der Waals surface area contributed by atoms with E-state index >= 15 is 0 Å². The quantitative estimate of drug-likeness (QED) is 0.191. The van der Waals surface area contributed by atoms with Crippen LogP contribution in [0.15, 0.2) is 109 Å². The van der Waals surface area contributed by atoms with Crippen molar-refractivity contribution in [3.63, 3.8) is 0 Å². The summed E-state index contributed by atoms with van der Waals surface area (Å²) in [6, 6.07) is 41.4. The van der Waals surface area contributed by atoms with Gasteiger partial charge in [0, 0.05) is 32.9 Å². The zero-order valence-corrected chi connectivity index (χ0v) is 36.4. The van der Waals surface area contributed by atoms with Crippen LogP contribution in [0.5, 0.6) is 0 Å². The molecule has 2 heterocycles. The first kappa shape index (κ1) is 38.7. The van der Waals surface area contributed by atoms with Crippen LogP contribution in [0.3, 0.4) is 0 Å². The number of aromatic nitrogens is 2. The Hall–Kier alpha value is -5.12. The minimum atomic E-state index is -0.0448. The number of aryl methyl sites for hydroxylation is 1. The van der Waals surface area contributed by atoms with Gasteiger partial charge in [0.2, 0.25) is 0 Å². The fourth-order valence-corrected chi connectivity index (χ4v) is 8.60. The predicted octanol–water partition coefficient (Wildman–Crippen LogP) is 14.5. The number of nitrogens with zero attached hydrogens (tertiary/aromatic N) is 2.